The van der Waals surface area contributed by atoms with Crippen LogP contribution in [-0.4, -0.2) is 0 Å². The van der Waals surface area contributed by atoms with Gasteiger partial charge in [0.05, 0.1) is 0 Å². The van der Waals surface area contributed by atoms with Gasteiger partial charge in [-0.15, -0.1) is 12.0 Å². The summed E-state index contributed by atoms with van der Waals surface area (Å²) in [5, 5.41) is 0. The average Bonchev–Trinajstić information content (AvgIpc) is 2.53. The van der Waals surface area contributed by atoms with Crippen LogP contribution in [0.4, 0.5) is 0 Å². The third kappa shape index (κ3) is 4.20. The molecule has 0 amide bonds. The van der Waals surface area contributed by atoms with Crippen molar-refractivity contribution < 1.29 is 50.7 Å². The van der Waals surface area contributed by atoms with Crippen LogP contribution in [0.5, 0.6) is 0 Å². The van der Waals surface area contributed by atoms with Crippen molar-refractivity contribution in [2.24, 2.45) is 0 Å². The number of benzene rings is 1. The zero-order chi connectivity index (χ0) is 9.26. The van der Waals surface area contributed by atoms with Gasteiger partial charge < -0.3 is 24.8 Å². The number of hydrogen-bond acceptors (Lipinski definition) is 0. The summed E-state index contributed by atoms with van der Waals surface area (Å²) in [6.45, 7) is 4.24. The van der Waals surface area contributed by atoms with Gasteiger partial charge in [0.25, 0.3) is 0 Å². The molecule has 0 spiro atoms. The first-order chi connectivity index (χ1) is 6.27. The van der Waals surface area contributed by atoms with E-state index in [1.165, 1.54) is 22.3 Å². The first kappa shape index (κ1) is 18.5. The summed E-state index contributed by atoms with van der Waals surface area (Å²) < 4.78 is 0. The molecule has 16 heavy (non-hydrogen) atoms. The van der Waals surface area contributed by atoms with Crippen molar-refractivity contribution in [1.29, 1.82) is 0 Å². The van der Waals surface area contributed by atoms with E-state index in [2.05, 4.69) is 50.3 Å². The third-order valence-electron chi connectivity index (χ3n) is 2.44. The van der Waals surface area contributed by atoms with Crippen LogP contribution < -0.4 is 24.8 Å². The summed E-state index contributed by atoms with van der Waals surface area (Å²) in [4.78, 5) is 0. The van der Waals surface area contributed by atoms with E-state index in [1.54, 1.807) is 0 Å². The first-order valence-corrected chi connectivity index (χ1v) is 4.62. The van der Waals surface area contributed by atoms with Crippen LogP contribution in [0.3, 0.4) is 0 Å². The summed E-state index contributed by atoms with van der Waals surface area (Å²) in [6, 6.07) is 8.67. The second-order valence-electron chi connectivity index (χ2n) is 3.49. The molecule has 0 radical (unpaired) electrons. The minimum atomic E-state index is 0. The van der Waals surface area contributed by atoms with Crippen molar-refractivity contribution in [1.82, 2.24) is 0 Å². The number of rotatable bonds is 1. The van der Waals surface area contributed by atoms with Crippen LogP contribution in [0.15, 0.2) is 35.9 Å². The molecule has 86 valence electrons. The first-order valence-electron chi connectivity index (χ1n) is 4.62. The van der Waals surface area contributed by atoms with Gasteiger partial charge in [0.2, 0.25) is 0 Å². The summed E-state index contributed by atoms with van der Waals surface area (Å²) in [7, 11) is 0. The van der Waals surface area contributed by atoms with E-state index in [4.69, 9.17) is 0 Å². The summed E-state index contributed by atoms with van der Waals surface area (Å²) in [5.74, 6) is 0. The van der Waals surface area contributed by atoms with Crippen LogP contribution in [0.1, 0.15) is 24.5 Å². The molecule has 1 aromatic rings. The fourth-order valence-electron chi connectivity index (χ4n) is 1.62. The van der Waals surface area contributed by atoms with E-state index >= 15 is 0 Å². The molecule has 0 fully saturated rings. The maximum atomic E-state index is 3.31. The van der Waals surface area contributed by atoms with Crippen LogP contribution in [0.25, 0.3) is 5.57 Å². The van der Waals surface area contributed by atoms with Crippen molar-refractivity contribution in [3.8, 4) is 0 Å². The maximum absolute atomic E-state index is 3.31. The van der Waals surface area contributed by atoms with Gasteiger partial charge in [-0.2, -0.15) is 11.6 Å². The van der Waals surface area contributed by atoms with Crippen molar-refractivity contribution in [2.45, 2.75) is 20.3 Å². The molecule has 1 aliphatic carbocycles. The smallest absolute Gasteiger partial charge is 0 e. The zero-order valence-electron chi connectivity index (χ0n) is 9.35. The number of hydrogen-bond donors (Lipinski definition) is 0. The number of aryl methyl sites for hydroxylation is 1. The molecule has 0 saturated heterocycles. The van der Waals surface area contributed by atoms with E-state index in [9.17, 15) is 0 Å². The molecular weight excluding hydrogens is 406 g/mol. The zero-order valence-corrected chi connectivity index (χ0v) is 14.5. The molecule has 3 heteroatoms. The Morgan fingerprint density at radius 3 is 2.00 bits per heavy atom. The average molecular weight is 419 g/mol. The fraction of sp³-hybridized carbons (Fsp3) is 0.231. The quantitative estimate of drug-likeness (QED) is 0.351. The monoisotopic (exact) mass is 419 g/mol. The molecule has 1 aromatic carbocycles. The molecule has 0 atom stereocenters. The van der Waals surface area contributed by atoms with E-state index in [1.807, 2.05) is 0 Å². The molecule has 0 N–H and O–H groups in total. The molecule has 0 aromatic heterocycles. The van der Waals surface area contributed by atoms with E-state index in [0.717, 1.165) is 6.42 Å². The Labute approximate surface area is 129 Å². The SMILES string of the molecule is CC1=[C-]CC=C1c1ccc(C)cc1.[Cl-].[Cl-].[Hf]. The van der Waals surface area contributed by atoms with Crippen molar-refractivity contribution in [2.75, 3.05) is 0 Å². The molecule has 0 heterocycles. The van der Waals surface area contributed by atoms with Crippen molar-refractivity contribution in [3.05, 3.63) is 53.1 Å². The van der Waals surface area contributed by atoms with Gasteiger partial charge in [0.15, 0.2) is 0 Å². The van der Waals surface area contributed by atoms with Gasteiger partial charge in [-0.1, -0.05) is 36.8 Å². The Hall–Kier alpha value is 0.150. The van der Waals surface area contributed by atoms with E-state index in [-0.39, 0.29) is 50.7 Å². The van der Waals surface area contributed by atoms with Crippen LogP contribution in [0, 0.1) is 13.0 Å². The molecule has 0 aliphatic heterocycles. The molecule has 1 aliphatic rings. The molecule has 0 saturated carbocycles. The Morgan fingerprint density at radius 2 is 1.56 bits per heavy atom. The van der Waals surface area contributed by atoms with Gasteiger partial charge >= 0.3 is 0 Å². The normalized spacial score (nSPS) is 12.6. The Kier molecular flexibility index (Phi) is 9.57. The van der Waals surface area contributed by atoms with Crippen molar-refractivity contribution in [3.63, 3.8) is 0 Å². The van der Waals surface area contributed by atoms with E-state index < -0.39 is 0 Å². The van der Waals surface area contributed by atoms with Crippen LogP contribution >= 0.6 is 0 Å². The second kappa shape index (κ2) is 8.27. The molecule has 2 rings (SSSR count). The molecular formula is C13H13Cl2Hf-3. The Bertz CT molecular complexity index is 377. The predicted octanol–water partition coefficient (Wildman–Crippen LogP) is -2.46. The third-order valence-corrected chi connectivity index (χ3v) is 2.44. The Morgan fingerprint density at radius 1 is 1.00 bits per heavy atom. The predicted molar refractivity (Wildman–Crippen MR) is 56.2 cm³/mol. The van der Waals surface area contributed by atoms with Crippen LogP contribution in [0.2, 0.25) is 0 Å². The van der Waals surface area contributed by atoms with Gasteiger partial charge in [-0.25, -0.2) is 5.57 Å². The standard InChI is InChI=1S/C13H13.2ClH.Hf/c1-10-6-8-12(9-7-10)13-5-3-4-11(13)2;;;/h5-9H,3H2,1-2H3;2*1H;/q-1;;;/p-2. The van der Waals surface area contributed by atoms with Crippen molar-refractivity contribution >= 4 is 5.57 Å². The van der Waals surface area contributed by atoms with Gasteiger partial charge in [0, 0.05) is 25.8 Å². The number of allylic oxidation sites excluding steroid dienone is 4. The Balaban J connectivity index is 0. The fourth-order valence-corrected chi connectivity index (χ4v) is 1.62. The maximum Gasteiger partial charge on any atom is 0 e. The van der Waals surface area contributed by atoms with Gasteiger partial charge in [-0.3, -0.25) is 6.08 Å². The van der Waals surface area contributed by atoms with Crippen LogP contribution in [-0.2, 0) is 25.8 Å². The number of halogens is 2. The topological polar surface area (TPSA) is 0 Å². The second-order valence-corrected chi connectivity index (χ2v) is 3.49. The summed E-state index contributed by atoms with van der Waals surface area (Å²) in [6.07, 6.45) is 6.51. The molecule has 0 bridgehead atoms. The van der Waals surface area contributed by atoms with Gasteiger partial charge in [0.1, 0.15) is 0 Å². The largest absolute Gasteiger partial charge is 1.00 e. The van der Waals surface area contributed by atoms with Gasteiger partial charge in [-0.05, 0) is 6.92 Å². The minimum absolute atomic E-state index is 0. The molecule has 0 nitrogen and oxygen atoms in total. The molecule has 0 unspecified atom stereocenters. The minimum Gasteiger partial charge on any atom is -1.00 e. The van der Waals surface area contributed by atoms with E-state index in [0.29, 0.717) is 0 Å². The summed E-state index contributed by atoms with van der Waals surface area (Å²) >= 11 is 0. The summed E-state index contributed by atoms with van der Waals surface area (Å²) in [5.41, 5.74) is 5.25.